The summed E-state index contributed by atoms with van der Waals surface area (Å²) in [6.07, 6.45) is 1.68. The van der Waals surface area contributed by atoms with Gasteiger partial charge in [-0.25, -0.2) is 4.98 Å². The van der Waals surface area contributed by atoms with Gasteiger partial charge in [0.25, 0.3) is 0 Å². The van der Waals surface area contributed by atoms with Crippen molar-refractivity contribution in [2.75, 3.05) is 12.4 Å². The number of benzene rings is 2. The van der Waals surface area contributed by atoms with Crippen LogP contribution < -0.4 is 10.1 Å². The van der Waals surface area contributed by atoms with Crippen LogP contribution in [0.1, 0.15) is 11.5 Å². The fourth-order valence-corrected chi connectivity index (χ4v) is 2.56. The normalized spacial score (nSPS) is 10.2. The zero-order valence-electron chi connectivity index (χ0n) is 12.9. The van der Waals surface area contributed by atoms with Crippen molar-refractivity contribution in [1.82, 2.24) is 4.98 Å². The second kappa shape index (κ2) is 7.20. The van der Waals surface area contributed by atoms with Crippen LogP contribution in [0.25, 0.3) is 11.3 Å². The van der Waals surface area contributed by atoms with Crippen molar-refractivity contribution in [3.63, 3.8) is 0 Å². The molecule has 0 aliphatic carbocycles. The Balaban J connectivity index is 1.71. The largest absolute Gasteiger partial charge is 0.497 e. The number of hydrogen-bond acceptors (Lipinski definition) is 5. The van der Waals surface area contributed by atoms with Crippen LogP contribution in [-0.4, -0.2) is 12.1 Å². The molecule has 0 unspecified atom stereocenters. The van der Waals surface area contributed by atoms with Crippen LogP contribution in [0.5, 0.6) is 5.75 Å². The molecule has 0 amide bonds. The SMILES string of the molecule is COc1ccc(Br)c(NCc2ncc(-c3ccc(C#N)cc3)o2)c1. The highest BCUT2D eigenvalue weighted by atomic mass is 79.9. The first-order chi connectivity index (χ1) is 11.7. The molecule has 1 heterocycles. The van der Waals surface area contributed by atoms with Gasteiger partial charge in [0.1, 0.15) is 5.75 Å². The number of nitriles is 1. The summed E-state index contributed by atoms with van der Waals surface area (Å²) in [5.74, 6) is 2.01. The monoisotopic (exact) mass is 383 g/mol. The number of methoxy groups -OCH3 is 1. The van der Waals surface area contributed by atoms with Gasteiger partial charge < -0.3 is 14.5 Å². The van der Waals surface area contributed by atoms with Crippen molar-refractivity contribution in [3.05, 3.63) is 64.6 Å². The van der Waals surface area contributed by atoms with Crippen LogP contribution in [0.15, 0.2) is 57.6 Å². The van der Waals surface area contributed by atoms with Crippen molar-refractivity contribution >= 4 is 21.6 Å². The van der Waals surface area contributed by atoms with Crippen LogP contribution in [0.4, 0.5) is 5.69 Å². The first kappa shape index (κ1) is 16.1. The first-order valence-corrected chi connectivity index (χ1v) is 8.01. The molecule has 5 nitrogen and oxygen atoms in total. The van der Waals surface area contributed by atoms with Crippen LogP contribution in [0.2, 0.25) is 0 Å². The van der Waals surface area contributed by atoms with E-state index in [1.54, 1.807) is 25.4 Å². The first-order valence-electron chi connectivity index (χ1n) is 7.22. The van der Waals surface area contributed by atoms with Crippen molar-refractivity contribution in [2.45, 2.75) is 6.54 Å². The molecule has 120 valence electrons. The maximum Gasteiger partial charge on any atom is 0.214 e. The van der Waals surface area contributed by atoms with E-state index in [2.05, 4.69) is 32.3 Å². The number of ether oxygens (including phenoxy) is 1. The average Bonchev–Trinajstić information content (AvgIpc) is 3.10. The molecule has 0 bridgehead atoms. The van der Waals surface area contributed by atoms with E-state index in [1.165, 1.54) is 0 Å². The van der Waals surface area contributed by atoms with Crippen molar-refractivity contribution < 1.29 is 9.15 Å². The van der Waals surface area contributed by atoms with E-state index < -0.39 is 0 Å². The molecule has 0 fully saturated rings. The Bertz CT molecular complexity index is 882. The average molecular weight is 384 g/mol. The molecule has 0 atom stereocenters. The quantitative estimate of drug-likeness (QED) is 0.696. The van der Waals surface area contributed by atoms with Gasteiger partial charge in [0.2, 0.25) is 5.89 Å². The van der Waals surface area contributed by atoms with Crippen molar-refractivity contribution in [3.8, 4) is 23.1 Å². The number of nitrogens with zero attached hydrogens (tertiary/aromatic N) is 2. The molecule has 24 heavy (non-hydrogen) atoms. The van der Waals surface area contributed by atoms with E-state index in [4.69, 9.17) is 14.4 Å². The number of anilines is 1. The van der Waals surface area contributed by atoms with Gasteiger partial charge >= 0.3 is 0 Å². The van der Waals surface area contributed by atoms with E-state index >= 15 is 0 Å². The molecule has 3 aromatic rings. The zero-order chi connectivity index (χ0) is 16.9. The number of hydrogen-bond donors (Lipinski definition) is 1. The van der Waals surface area contributed by atoms with E-state index in [0.29, 0.717) is 23.8 Å². The van der Waals surface area contributed by atoms with Gasteiger partial charge in [0.15, 0.2) is 5.76 Å². The standard InChI is InChI=1S/C18H14BrN3O2/c1-23-14-6-7-15(19)16(8-14)21-11-18-22-10-17(24-18)13-4-2-12(9-20)3-5-13/h2-8,10,21H,11H2,1H3. The molecule has 0 aliphatic heterocycles. The van der Waals surface area contributed by atoms with Crippen LogP contribution >= 0.6 is 15.9 Å². The minimum Gasteiger partial charge on any atom is -0.497 e. The molecular formula is C18H14BrN3O2. The topological polar surface area (TPSA) is 71.1 Å². The lowest BCUT2D eigenvalue weighted by atomic mass is 10.1. The van der Waals surface area contributed by atoms with Gasteiger partial charge in [0.05, 0.1) is 37.2 Å². The predicted octanol–water partition coefficient (Wildman–Crippen LogP) is 4.60. The summed E-state index contributed by atoms with van der Waals surface area (Å²) in [4.78, 5) is 4.28. The fraction of sp³-hybridized carbons (Fsp3) is 0.111. The van der Waals surface area contributed by atoms with Gasteiger partial charge in [-0.05, 0) is 52.3 Å². The van der Waals surface area contributed by atoms with Crippen LogP contribution in [-0.2, 0) is 6.54 Å². The fourth-order valence-electron chi connectivity index (χ4n) is 2.17. The third kappa shape index (κ3) is 3.58. The molecule has 0 radical (unpaired) electrons. The molecule has 0 saturated carbocycles. The van der Waals surface area contributed by atoms with Crippen molar-refractivity contribution in [2.24, 2.45) is 0 Å². The minimum atomic E-state index is 0.446. The maximum atomic E-state index is 8.83. The zero-order valence-corrected chi connectivity index (χ0v) is 14.5. The highest BCUT2D eigenvalue weighted by Gasteiger charge is 2.08. The molecule has 1 N–H and O–H groups in total. The molecule has 6 heteroatoms. The van der Waals surface area contributed by atoms with E-state index in [-0.39, 0.29) is 0 Å². The second-order valence-electron chi connectivity index (χ2n) is 5.01. The minimum absolute atomic E-state index is 0.446. The van der Waals surface area contributed by atoms with Gasteiger partial charge in [-0.1, -0.05) is 0 Å². The highest BCUT2D eigenvalue weighted by Crippen LogP contribution is 2.28. The Morgan fingerprint density at radius 2 is 2.04 bits per heavy atom. The molecule has 2 aromatic carbocycles. The Kier molecular flexibility index (Phi) is 4.82. The molecular weight excluding hydrogens is 370 g/mol. The Hall–Kier alpha value is -2.78. The predicted molar refractivity (Wildman–Crippen MR) is 94.7 cm³/mol. The van der Waals surface area contributed by atoms with E-state index in [0.717, 1.165) is 21.5 Å². The summed E-state index contributed by atoms with van der Waals surface area (Å²) in [5, 5.41) is 12.1. The second-order valence-corrected chi connectivity index (χ2v) is 5.86. The van der Waals surface area contributed by atoms with Gasteiger partial charge in [-0.2, -0.15) is 5.26 Å². The Morgan fingerprint density at radius 1 is 1.25 bits per heavy atom. The summed E-state index contributed by atoms with van der Waals surface area (Å²) in [7, 11) is 1.63. The molecule has 0 saturated heterocycles. The summed E-state index contributed by atoms with van der Waals surface area (Å²) < 4.78 is 11.9. The van der Waals surface area contributed by atoms with Gasteiger partial charge in [-0.3, -0.25) is 0 Å². The molecule has 1 aromatic heterocycles. The number of nitrogens with one attached hydrogen (secondary N) is 1. The summed E-state index contributed by atoms with van der Waals surface area (Å²) in [5.41, 5.74) is 2.39. The smallest absolute Gasteiger partial charge is 0.214 e. The number of rotatable bonds is 5. The molecule has 0 aliphatic rings. The van der Waals surface area contributed by atoms with Gasteiger partial charge in [-0.15, -0.1) is 0 Å². The Labute approximate surface area is 148 Å². The van der Waals surface area contributed by atoms with Gasteiger partial charge in [0, 0.05) is 16.1 Å². The number of aromatic nitrogens is 1. The number of halogens is 1. The number of oxazole rings is 1. The highest BCUT2D eigenvalue weighted by molar-refractivity contribution is 9.10. The molecule has 3 rings (SSSR count). The van der Waals surface area contributed by atoms with E-state index in [1.807, 2.05) is 30.3 Å². The van der Waals surface area contributed by atoms with Crippen LogP contribution in [0, 0.1) is 11.3 Å². The van der Waals surface area contributed by atoms with Crippen LogP contribution in [0.3, 0.4) is 0 Å². The third-order valence-corrected chi connectivity index (χ3v) is 4.15. The van der Waals surface area contributed by atoms with Crippen molar-refractivity contribution in [1.29, 1.82) is 5.26 Å². The lowest BCUT2D eigenvalue weighted by Gasteiger charge is -2.08. The summed E-state index contributed by atoms with van der Waals surface area (Å²) >= 11 is 3.49. The third-order valence-electron chi connectivity index (χ3n) is 3.46. The summed E-state index contributed by atoms with van der Waals surface area (Å²) in [6.45, 7) is 0.446. The lowest BCUT2D eigenvalue weighted by molar-refractivity contribution is 0.415. The lowest BCUT2D eigenvalue weighted by Crippen LogP contribution is -2.00. The molecule has 0 spiro atoms. The Morgan fingerprint density at radius 3 is 2.75 bits per heavy atom. The van der Waals surface area contributed by atoms with E-state index in [9.17, 15) is 0 Å². The summed E-state index contributed by atoms with van der Waals surface area (Å²) in [6, 6.07) is 15.0. The maximum absolute atomic E-state index is 8.83.